The number of rotatable bonds is 7. The normalized spacial score (nSPS) is 10.8. The third-order valence-corrected chi connectivity index (χ3v) is 3.84. The van der Waals surface area contributed by atoms with Crippen LogP contribution >= 0.6 is 23.2 Å². The SMILES string of the molecule is CN(C)CCOC(=O)c1ccc(NCc2cc(Cl)cc(Cl)c2O)cn1. The number of anilines is 1. The van der Waals surface area contributed by atoms with Crippen molar-refractivity contribution in [3.63, 3.8) is 0 Å². The van der Waals surface area contributed by atoms with E-state index in [2.05, 4.69) is 10.3 Å². The second-order valence-corrected chi connectivity index (χ2v) is 6.46. The highest BCUT2D eigenvalue weighted by atomic mass is 35.5. The van der Waals surface area contributed by atoms with Crippen molar-refractivity contribution in [2.45, 2.75) is 6.54 Å². The van der Waals surface area contributed by atoms with Crippen molar-refractivity contribution < 1.29 is 14.6 Å². The summed E-state index contributed by atoms with van der Waals surface area (Å²) in [5, 5.41) is 13.6. The zero-order chi connectivity index (χ0) is 18.4. The fraction of sp³-hybridized carbons (Fsp3) is 0.294. The number of pyridine rings is 1. The van der Waals surface area contributed by atoms with Crippen LogP contribution in [0.1, 0.15) is 16.1 Å². The molecule has 2 rings (SSSR count). The molecule has 0 aliphatic rings. The molecule has 0 fully saturated rings. The van der Waals surface area contributed by atoms with Crippen molar-refractivity contribution in [3.05, 3.63) is 51.8 Å². The van der Waals surface area contributed by atoms with Gasteiger partial charge in [0.1, 0.15) is 18.1 Å². The van der Waals surface area contributed by atoms with Crippen molar-refractivity contribution >= 4 is 34.9 Å². The van der Waals surface area contributed by atoms with Gasteiger partial charge >= 0.3 is 5.97 Å². The Balaban J connectivity index is 1.93. The highest BCUT2D eigenvalue weighted by Gasteiger charge is 2.10. The Bertz CT molecular complexity index is 737. The van der Waals surface area contributed by atoms with Crippen molar-refractivity contribution in [2.24, 2.45) is 0 Å². The Morgan fingerprint density at radius 1 is 1.32 bits per heavy atom. The minimum absolute atomic E-state index is 0.0207. The van der Waals surface area contributed by atoms with E-state index in [1.54, 1.807) is 18.2 Å². The van der Waals surface area contributed by atoms with Crippen LogP contribution in [-0.2, 0) is 11.3 Å². The third kappa shape index (κ3) is 5.77. The van der Waals surface area contributed by atoms with Crippen LogP contribution in [0.5, 0.6) is 5.75 Å². The summed E-state index contributed by atoms with van der Waals surface area (Å²) in [5.74, 6) is -0.486. The van der Waals surface area contributed by atoms with Gasteiger partial charge in [0.2, 0.25) is 0 Å². The number of carbonyl (C=O) groups excluding carboxylic acids is 1. The van der Waals surface area contributed by atoms with Gasteiger partial charge in [0.25, 0.3) is 0 Å². The van der Waals surface area contributed by atoms with Gasteiger partial charge < -0.3 is 20.1 Å². The number of aromatic hydroxyl groups is 1. The molecule has 0 aliphatic heterocycles. The average molecular weight is 384 g/mol. The molecule has 0 bridgehead atoms. The molecule has 25 heavy (non-hydrogen) atoms. The lowest BCUT2D eigenvalue weighted by Crippen LogP contribution is -2.20. The highest BCUT2D eigenvalue weighted by Crippen LogP contribution is 2.31. The number of benzene rings is 1. The fourth-order valence-corrected chi connectivity index (χ4v) is 2.50. The summed E-state index contributed by atoms with van der Waals surface area (Å²) < 4.78 is 5.12. The standard InChI is InChI=1S/C17H19Cl2N3O3/c1-22(2)5-6-25-17(24)15-4-3-13(10-21-15)20-9-11-7-12(18)8-14(19)16(11)23/h3-4,7-8,10,20,23H,5-6,9H2,1-2H3. The number of nitrogens with zero attached hydrogens (tertiary/aromatic N) is 2. The first-order chi connectivity index (χ1) is 11.9. The summed E-state index contributed by atoms with van der Waals surface area (Å²) in [6.07, 6.45) is 1.52. The van der Waals surface area contributed by atoms with Gasteiger partial charge in [-0.2, -0.15) is 0 Å². The predicted octanol–water partition coefficient (Wildman–Crippen LogP) is 3.42. The lowest BCUT2D eigenvalue weighted by atomic mass is 10.2. The first-order valence-electron chi connectivity index (χ1n) is 7.55. The van der Waals surface area contributed by atoms with E-state index in [0.717, 1.165) is 0 Å². The van der Waals surface area contributed by atoms with Crippen LogP contribution in [0, 0.1) is 0 Å². The summed E-state index contributed by atoms with van der Waals surface area (Å²) in [4.78, 5) is 17.9. The van der Waals surface area contributed by atoms with Gasteiger partial charge in [0, 0.05) is 23.7 Å². The molecule has 1 aromatic heterocycles. The predicted molar refractivity (Wildman–Crippen MR) is 98.5 cm³/mol. The number of hydrogen-bond donors (Lipinski definition) is 2. The van der Waals surface area contributed by atoms with E-state index < -0.39 is 5.97 Å². The summed E-state index contributed by atoms with van der Waals surface area (Å²) in [7, 11) is 3.80. The molecule has 0 amide bonds. The molecule has 0 aliphatic carbocycles. The number of aromatic nitrogens is 1. The second-order valence-electron chi connectivity index (χ2n) is 5.62. The van der Waals surface area contributed by atoms with Gasteiger partial charge in [-0.15, -0.1) is 0 Å². The third-order valence-electron chi connectivity index (χ3n) is 3.33. The number of phenolic OH excluding ortho intramolecular Hbond substituents is 1. The summed E-state index contributed by atoms with van der Waals surface area (Å²) in [6.45, 7) is 1.26. The van der Waals surface area contributed by atoms with E-state index in [1.165, 1.54) is 12.3 Å². The summed E-state index contributed by atoms with van der Waals surface area (Å²) >= 11 is 11.8. The molecule has 0 spiro atoms. The Morgan fingerprint density at radius 3 is 2.72 bits per heavy atom. The fourth-order valence-electron chi connectivity index (χ4n) is 1.97. The van der Waals surface area contributed by atoms with Crippen molar-refractivity contribution in [3.8, 4) is 5.75 Å². The summed E-state index contributed by atoms with van der Waals surface area (Å²) in [6, 6.07) is 6.38. The second kappa shape index (κ2) is 8.89. The van der Waals surface area contributed by atoms with E-state index in [9.17, 15) is 9.90 Å². The zero-order valence-electron chi connectivity index (χ0n) is 13.9. The van der Waals surface area contributed by atoms with Crippen LogP contribution < -0.4 is 5.32 Å². The minimum Gasteiger partial charge on any atom is -0.506 e. The lowest BCUT2D eigenvalue weighted by Gasteiger charge is -2.11. The van der Waals surface area contributed by atoms with Crippen molar-refractivity contribution in [1.29, 1.82) is 0 Å². The Labute approximate surface area is 156 Å². The Hall–Kier alpha value is -2.02. The van der Waals surface area contributed by atoms with Crippen LogP contribution in [0.2, 0.25) is 10.0 Å². The smallest absolute Gasteiger partial charge is 0.356 e. The molecule has 1 aromatic carbocycles. The van der Waals surface area contributed by atoms with Crippen LogP contribution in [0.15, 0.2) is 30.5 Å². The van der Waals surface area contributed by atoms with Crippen LogP contribution in [0.4, 0.5) is 5.69 Å². The van der Waals surface area contributed by atoms with Gasteiger partial charge in [-0.25, -0.2) is 9.78 Å². The monoisotopic (exact) mass is 383 g/mol. The molecule has 0 unspecified atom stereocenters. The van der Waals surface area contributed by atoms with Crippen molar-refractivity contribution in [2.75, 3.05) is 32.6 Å². The van der Waals surface area contributed by atoms with Gasteiger partial charge in [-0.3, -0.25) is 0 Å². The molecular formula is C17H19Cl2N3O3. The Kier molecular flexibility index (Phi) is 6.87. The largest absolute Gasteiger partial charge is 0.506 e. The topological polar surface area (TPSA) is 74.7 Å². The molecule has 134 valence electrons. The first kappa shape index (κ1) is 19.3. The number of halogens is 2. The zero-order valence-corrected chi connectivity index (χ0v) is 15.4. The van der Waals surface area contributed by atoms with Gasteiger partial charge in [-0.1, -0.05) is 23.2 Å². The van der Waals surface area contributed by atoms with Crippen LogP contribution in [-0.4, -0.2) is 48.2 Å². The number of esters is 1. The molecule has 0 saturated carbocycles. The molecule has 2 N–H and O–H groups in total. The molecule has 6 nitrogen and oxygen atoms in total. The van der Waals surface area contributed by atoms with Gasteiger partial charge in [0.05, 0.1) is 16.9 Å². The Morgan fingerprint density at radius 2 is 2.08 bits per heavy atom. The number of hydrogen-bond acceptors (Lipinski definition) is 6. The summed E-state index contributed by atoms with van der Waals surface area (Å²) in [5.41, 5.74) is 1.47. The number of ether oxygens (including phenoxy) is 1. The van der Waals surface area contributed by atoms with Crippen LogP contribution in [0.25, 0.3) is 0 Å². The number of carbonyl (C=O) groups is 1. The first-order valence-corrected chi connectivity index (χ1v) is 8.31. The minimum atomic E-state index is -0.465. The lowest BCUT2D eigenvalue weighted by molar-refractivity contribution is 0.0475. The van der Waals surface area contributed by atoms with Crippen LogP contribution in [0.3, 0.4) is 0 Å². The average Bonchev–Trinajstić information content (AvgIpc) is 2.56. The molecule has 0 radical (unpaired) electrons. The maximum Gasteiger partial charge on any atom is 0.356 e. The quantitative estimate of drug-likeness (QED) is 0.713. The van der Waals surface area contributed by atoms with E-state index in [1.807, 2.05) is 19.0 Å². The molecule has 8 heteroatoms. The van der Waals surface area contributed by atoms with Crippen molar-refractivity contribution in [1.82, 2.24) is 9.88 Å². The van der Waals surface area contributed by atoms with Gasteiger partial charge in [0.15, 0.2) is 0 Å². The maximum atomic E-state index is 11.9. The van der Waals surface area contributed by atoms with E-state index >= 15 is 0 Å². The number of likely N-dealkylation sites (N-methyl/N-ethyl adjacent to an activating group) is 1. The molecule has 0 atom stereocenters. The van der Waals surface area contributed by atoms with E-state index in [4.69, 9.17) is 27.9 Å². The molecule has 1 heterocycles. The van der Waals surface area contributed by atoms with E-state index in [0.29, 0.717) is 36.0 Å². The number of phenols is 1. The number of nitrogens with one attached hydrogen (secondary N) is 1. The van der Waals surface area contributed by atoms with E-state index in [-0.39, 0.29) is 16.5 Å². The molecule has 0 saturated heterocycles. The molecule has 2 aromatic rings. The maximum absolute atomic E-state index is 11.9. The molecular weight excluding hydrogens is 365 g/mol. The highest BCUT2D eigenvalue weighted by molar-refractivity contribution is 6.35. The van der Waals surface area contributed by atoms with Gasteiger partial charge in [-0.05, 0) is 38.4 Å².